The molecule has 0 bridgehead atoms. The predicted molar refractivity (Wildman–Crippen MR) is 78.8 cm³/mol. The Kier molecular flexibility index (Phi) is 2.81. The summed E-state index contributed by atoms with van der Waals surface area (Å²) in [7, 11) is 0. The summed E-state index contributed by atoms with van der Waals surface area (Å²) in [5.74, 6) is -0.831. The number of benzene rings is 2. The van der Waals surface area contributed by atoms with E-state index in [1.54, 1.807) is 18.2 Å². The first-order chi connectivity index (χ1) is 9.93. The largest absolute Gasteiger partial charge is 0.398 e. The third-order valence-electron chi connectivity index (χ3n) is 3.48. The molecule has 0 radical (unpaired) electrons. The molecule has 0 saturated carbocycles. The quantitative estimate of drug-likeness (QED) is 0.528. The second-order valence-electron chi connectivity index (χ2n) is 4.65. The van der Waals surface area contributed by atoms with E-state index < -0.39 is 16.8 Å². The van der Waals surface area contributed by atoms with E-state index in [0.29, 0.717) is 0 Å². The molecular formula is C15H9ClN2O3. The maximum atomic E-state index is 12.6. The van der Waals surface area contributed by atoms with Crippen LogP contribution < -0.4 is 11.5 Å². The van der Waals surface area contributed by atoms with Crippen LogP contribution in [0.5, 0.6) is 0 Å². The number of ketones is 2. The summed E-state index contributed by atoms with van der Waals surface area (Å²) in [6.07, 6.45) is 0. The van der Waals surface area contributed by atoms with Crippen LogP contribution in [0.2, 0.25) is 0 Å². The van der Waals surface area contributed by atoms with Gasteiger partial charge in [0.05, 0.1) is 22.4 Å². The Morgan fingerprint density at radius 2 is 1.48 bits per heavy atom. The fraction of sp³-hybridized carbons (Fsp3) is 0. The number of hydrogen-bond donors (Lipinski definition) is 2. The van der Waals surface area contributed by atoms with Crippen molar-refractivity contribution in [2.75, 3.05) is 11.5 Å². The van der Waals surface area contributed by atoms with Gasteiger partial charge in [0.15, 0.2) is 11.6 Å². The lowest BCUT2D eigenvalue weighted by molar-refractivity contribution is 0.0980. The van der Waals surface area contributed by atoms with Crippen molar-refractivity contribution in [3.63, 3.8) is 0 Å². The highest BCUT2D eigenvalue weighted by molar-refractivity contribution is 6.68. The molecule has 2 aromatic carbocycles. The Hall–Kier alpha value is -2.66. The zero-order chi connectivity index (χ0) is 15.3. The maximum Gasteiger partial charge on any atom is 0.254 e. The standard InChI is InChI=1S/C15H9ClN2O3/c16-15(21)8-5-9(17)10-11(12(8)18)14(20)7-4-2-1-3-6(7)13(10)19/h1-5H,17-18H2. The van der Waals surface area contributed by atoms with Gasteiger partial charge in [0, 0.05) is 16.8 Å². The minimum Gasteiger partial charge on any atom is -0.398 e. The second-order valence-corrected chi connectivity index (χ2v) is 5.00. The Bertz CT molecular complexity index is 843. The SMILES string of the molecule is Nc1cc(C(=O)Cl)c(N)c2c1C(=O)c1ccccc1C2=O. The second kappa shape index (κ2) is 4.43. The number of nitrogen functional groups attached to an aromatic ring is 2. The van der Waals surface area contributed by atoms with Gasteiger partial charge in [0.25, 0.3) is 5.24 Å². The molecule has 0 fully saturated rings. The number of nitrogens with two attached hydrogens (primary N) is 2. The highest BCUT2D eigenvalue weighted by Gasteiger charge is 2.34. The van der Waals surface area contributed by atoms with Gasteiger partial charge in [0.2, 0.25) is 0 Å². The van der Waals surface area contributed by atoms with Gasteiger partial charge < -0.3 is 11.5 Å². The van der Waals surface area contributed by atoms with E-state index in [9.17, 15) is 14.4 Å². The molecule has 0 amide bonds. The molecule has 0 aliphatic heterocycles. The van der Waals surface area contributed by atoms with Crippen LogP contribution in [0.1, 0.15) is 42.2 Å². The lowest BCUT2D eigenvalue weighted by atomic mass is 9.81. The van der Waals surface area contributed by atoms with Gasteiger partial charge in [-0.3, -0.25) is 14.4 Å². The molecular weight excluding hydrogens is 292 g/mol. The Morgan fingerprint density at radius 3 is 2.00 bits per heavy atom. The average molecular weight is 301 g/mol. The first-order valence-corrected chi connectivity index (χ1v) is 6.41. The summed E-state index contributed by atoms with van der Waals surface area (Å²) >= 11 is 5.44. The highest BCUT2D eigenvalue weighted by atomic mass is 35.5. The normalized spacial score (nSPS) is 12.8. The number of carbonyl (C=O) groups is 3. The van der Waals surface area contributed by atoms with Crippen LogP contribution in [0, 0.1) is 0 Å². The van der Waals surface area contributed by atoms with E-state index in [1.165, 1.54) is 12.1 Å². The summed E-state index contributed by atoms with van der Waals surface area (Å²) in [6, 6.07) is 7.61. The molecule has 0 spiro atoms. The van der Waals surface area contributed by atoms with E-state index in [0.717, 1.165) is 0 Å². The summed E-state index contributed by atoms with van der Waals surface area (Å²) in [6.45, 7) is 0. The van der Waals surface area contributed by atoms with Gasteiger partial charge in [0.1, 0.15) is 0 Å². The topological polar surface area (TPSA) is 103 Å². The van der Waals surface area contributed by atoms with Gasteiger partial charge in [-0.25, -0.2) is 0 Å². The molecule has 2 aromatic rings. The van der Waals surface area contributed by atoms with Crippen LogP contribution in [0.3, 0.4) is 0 Å². The van der Waals surface area contributed by atoms with E-state index in [-0.39, 0.29) is 39.2 Å². The zero-order valence-corrected chi connectivity index (χ0v) is 11.4. The lowest BCUT2D eigenvalue weighted by Gasteiger charge is -2.21. The number of rotatable bonds is 1. The van der Waals surface area contributed by atoms with Crippen molar-refractivity contribution in [1.82, 2.24) is 0 Å². The lowest BCUT2D eigenvalue weighted by Crippen LogP contribution is -2.24. The molecule has 1 aliphatic carbocycles. The molecule has 6 heteroatoms. The Labute approximate surface area is 124 Å². The number of anilines is 2. The van der Waals surface area contributed by atoms with Crippen LogP contribution in [-0.4, -0.2) is 16.8 Å². The van der Waals surface area contributed by atoms with Gasteiger partial charge in [-0.05, 0) is 17.7 Å². The van der Waals surface area contributed by atoms with Crippen molar-refractivity contribution in [2.45, 2.75) is 0 Å². The summed E-state index contributed by atoms with van der Waals surface area (Å²) in [4.78, 5) is 36.4. The molecule has 5 nitrogen and oxygen atoms in total. The van der Waals surface area contributed by atoms with Gasteiger partial charge >= 0.3 is 0 Å². The van der Waals surface area contributed by atoms with E-state index in [2.05, 4.69) is 0 Å². The molecule has 3 rings (SSSR count). The van der Waals surface area contributed by atoms with E-state index in [1.807, 2.05) is 0 Å². The molecule has 21 heavy (non-hydrogen) atoms. The molecule has 0 saturated heterocycles. The molecule has 4 N–H and O–H groups in total. The van der Waals surface area contributed by atoms with Crippen LogP contribution in [-0.2, 0) is 0 Å². The van der Waals surface area contributed by atoms with Crippen molar-refractivity contribution in [3.8, 4) is 0 Å². The molecule has 0 unspecified atom stereocenters. The summed E-state index contributed by atoms with van der Waals surface area (Å²) in [5.41, 5.74) is 12.0. The molecule has 0 aromatic heterocycles. The number of hydrogen-bond acceptors (Lipinski definition) is 5. The van der Waals surface area contributed by atoms with Crippen molar-refractivity contribution < 1.29 is 14.4 Å². The Morgan fingerprint density at radius 1 is 0.952 bits per heavy atom. The van der Waals surface area contributed by atoms with E-state index in [4.69, 9.17) is 23.1 Å². The molecule has 104 valence electrons. The first kappa shape index (κ1) is 13.3. The maximum absolute atomic E-state index is 12.6. The number of halogens is 1. The van der Waals surface area contributed by atoms with Crippen LogP contribution in [0.25, 0.3) is 0 Å². The fourth-order valence-corrected chi connectivity index (χ4v) is 2.67. The Balaban J connectivity index is 2.41. The molecule has 1 aliphatic rings. The number of carbonyl (C=O) groups excluding carboxylic acids is 3. The monoisotopic (exact) mass is 300 g/mol. The average Bonchev–Trinajstić information content (AvgIpc) is 2.46. The van der Waals surface area contributed by atoms with Crippen molar-refractivity contribution in [3.05, 3.63) is 58.1 Å². The highest BCUT2D eigenvalue weighted by Crippen LogP contribution is 2.36. The van der Waals surface area contributed by atoms with E-state index >= 15 is 0 Å². The van der Waals surface area contributed by atoms with Gasteiger partial charge in [-0.1, -0.05) is 24.3 Å². The van der Waals surface area contributed by atoms with Gasteiger partial charge in [-0.2, -0.15) is 0 Å². The molecule has 0 heterocycles. The van der Waals surface area contributed by atoms with Crippen LogP contribution in [0.15, 0.2) is 30.3 Å². The van der Waals surface area contributed by atoms with Crippen LogP contribution in [0.4, 0.5) is 11.4 Å². The summed E-state index contributed by atoms with van der Waals surface area (Å²) < 4.78 is 0. The number of fused-ring (bicyclic) bond motifs is 2. The van der Waals surface area contributed by atoms with Crippen molar-refractivity contribution in [2.24, 2.45) is 0 Å². The fourth-order valence-electron chi connectivity index (χ4n) is 2.51. The van der Waals surface area contributed by atoms with Gasteiger partial charge in [-0.15, -0.1) is 0 Å². The third-order valence-corrected chi connectivity index (χ3v) is 3.68. The predicted octanol–water partition coefficient (Wildman–Crippen LogP) is 2.01. The first-order valence-electron chi connectivity index (χ1n) is 6.03. The minimum atomic E-state index is -0.832. The van der Waals surface area contributed by atoms with Crippen LogP contribution >= 0.6 is 11.6 Å². The smallest absolute Gasteiger partial charge is 0.254 e. The van der Waals surface area contributed by atoms with Crippen molar-refractivity contribution in [1.29, 1.82) is 0 Å². The zero-order valence-electron chi connectivity index (χ0n) is 10.6. The third kappa shape index (κ3) is 1.75. The summed E-state index contributed by atoms with van der Waals surface area (Å²) in [5, 5.41) is -0.832. The van der Waals surface area contributed by atoms with Crippen molar-refractivity contribution >= 4 is 39.8 Å². The minimum absolute atomic E-state index is 0.0102. The molecule has 0 atom stereocenters.